The van der Waals surface area contributed by atoms with E-state index in [1.165, 1.54) is 32.4 Å². The zero-order valence-electron chi connectivity index (χ0n) is 11.7. The standard InChI is InChI=1S/C16H21Cl2NO/c17-13-5-4-12(10-14(13)18)16(6-3-7-16)15(20)11-19-8-1-2-9-19/h4-5,10,15,20H,1-3,6-9,11H2/p+1. The molecule has 2 N–H and O–H groups in total. The molecule has 20 heavy (non-hydrogen) atoms. The Bertz CT molecular complexity index is 481. The molecule has 1 aromatic rings. The van der Waals surface area contributed by atoms with Crippen molar-refractivity contribution in [3.05, 3.63) is 33.8 Å². The molecule has 3 rings (SSSR count). The van der Waals surface area contributed by atoms with Crippen LogP contribution >= 0.6 is 23.2 Å². The Balaban J connectivity index is 1.80. The van der Waals surface area contributed by atoms with Gasteiger partial charge >= 0.3 is 0 Å². The summed E-state index contributed by atoms with van der Waals surface area (Å²) in [6.45, 7) is 3.27. The summed E-state index contributed by atoms with van der Waals surface area (Å²) < 4.78 is 0. The van der Waals surface area contributed by atoms with Gasteiger partial charge in [-0.2, -0.15) is 0 Å². The lowest BCUT2D eigenvalue weighted by Crippen LogP contribution is -3.11. The summed E-state index contributed by atoms with van der Waals surface area (Å²) in [4.78, 5) is 1.55. The number of rotatable bonds is 4. The van der Waals surface area contributed by atoms with E-state index in [0.29, 0.717) is 10.0 Å². The molecule has 1 aliphatic carbocycles. The van der Waals surface area contributed by atoms with Crippen molar-refractivity contribution >= 4 is 23.2 Å². The topological polar surface area (TPSA) is 24.7 Å². The van der Waals surface area contributed by atoms with Gasteiger partial charge in [-0.1, -0.05) is 35.7 Å². The molecule has 0 aromatic heterocycles. The molecule has 0 bridgehead atoms. The van der Waals surface area contributed by atoms with Crippen molar-refractivity contribution in [1.29, 1.82) is 0 Å². The molecule has 1 atom stereocenters. The highest BCUT2D eigenvalue weighted by atomic mass is 35.5. The van der Waals surface area contributed by atoms with E-state index >= 15 is 0 Å². The summed E-state index contributed by atoms with van der Waals surface area (Å²) in [6, 6.07) is 5.84. The molecular weight excluding hydrogens is 293 g/mol. The third-order valence-corrected chi connectivity index (χ3v) is 5.91. The smallest absolute Gasteiger partial charge is 0.112 e. The van der Waals surface area contributed by atoms with Crippen LogP contribution in [0.25, 0.3) is 0 Å². The van der Waals surface area contributed by atoms with Gasteiger partial charge in [-0.15, -0.1) is 0 Å². The third-order valence-electron chi connectivity index (χ3n) is 5.17. The number of hydrogen-bond donors (Lipinski definition) is 2. The van der Waals surface area contributed by atoms with Crippen LogP contribution in [0.1, 0.15) is 37.7 Å². The summed E-state index contributed by atoms with van der Waals surface area (Å²) in [5, 5.41) is 12.0. The fourth-order valence-electron chi connectivity index (χ4n) is 3.73. The molecular formula is C16H22Cl2NO+. The van der Waals surface area contributed by atoms with Gasteiger partial charge in [0, 0.05) is 18.3 Å². The van der Waals surface area contributed by atoms with Gasteiger partial charge in [0.15, 0.2) is 0 Å². The number of aliphatic hydroxyl groups excluding tert-OH is 1. The largest absolute Gasteiger partial charge is 0.386 e. The van der Waals surface area contributed by atoms with Crippen LogP contribution in [0.15, 0.2) is 18.2 Å². The first-order valence-corrected chi connectivity index (χ1v) is 8.34. The molecule has 2 fully saturated rings. The minimum absolute atomic E-state index is 0.0934. The highest BCUT2D eigenvalue weighted by Crippen LogP contribution is 2.47. The zero-order valence-corrected chi connectivity index (χ0v) is 13.2. The Morgan fingerprint density at radius 2 is 1.80 bits per heavy atom. The molecule has 2 nitrogen and oxygen atoms in total. The summed E-state index contributed by atoms with van der Waals surface area (Å²) in [5.41, 5.74) is 1.06. The van der Waals surface area contributed by atoms with Crippen molar-refractivity contribution < 1.29 is 10.0 Å². The summed E-state index contributed by atoms with van der Waals surface area (Å²) >= 11 is 12.2. The number of benzene rings is 1. The van der Waals surface area contributed by atoms with Crippen LogP contribution in [-0.4, -0.2) is 30.8 Å². The maximum atomic E-state index is 10.8. The second kappa shape index (κ2) is 5.84. The molecule has 110 valence electrons. The van der Waals surface area contributed by atoms with Crippen molar-refractivity contribution in [2.75, 3.05) is 19.6 Å². The van der Waals surface area contributed by atoms with Crippen LogP contribution in [0.5, 0.6) is 0 Å². The zero-order chi connectivity index (χ0) is 14.2. The number of quaternary nitrogens is 1. The number of likely N-dealkylation sites (tertiary alicyclic amines) is 1. The van der Waals surface area contributed by atoms with Crippen LogP contribution in [0, 0.1) is 0 Å². The van der Waals surface area contributed by atoms with Gasteiger partial charge in [-0.25, -0.2) is 0 Å². The molecule has 1 aliphatic heterocycles. The average molecular weight is 315 g/mol. The quantitative estimate of drug-likeness (QED) is 0.876. The van der Waals surface area contributed by atoms with Gasteiger partial charge in [0.1, 0.15) is 12.6 Å². The molecule has 4 heteroatoms. The van der Waals surface area contributed by atoms with Gasteiger partial charge in [0.05, 0.1) is 23.1 Å². The Morgan fingerprint density at radius 3 is 2.35 bits per heavy atom. The molecule has 1 heterocycles. The van der Waals surface area contributed by atoms with Gasteiger partial charge < -0.3 is 10.0 Å². The fraction of sp³-hybridized carbons (Fsp3) is 0.625. The highest BCUT2D eigenvalue weighted by Gasteiger charge is 2.46. The molecule has 0 radical (unpaired) electrons. The van der Waals surface area contributed by atoms with E-state index < -0.39 is 0 Å². The van der Waals surface area contributed by atoms with E-state index in [-0.39, 0.29) is 11.5 Å². The van der Waals surface area contributed by atoms with Crippen molar-refractivity contribution in [3.63, 3.8) is 0 Å². The first kappa shape index (κ1) is 14.6. The lowest BCUT2D eigenvalue weighted by molar-refractivity contribution is -0.891. The van der Waals surface area contributed by atoms with E-state index in [4.69, 9.17) is 23.2 Å². The van der Waals surface area contributed by atoms with Gasteiger partial charge in [0.2, 0.25) is 0 Å². The van der Waals surface area contributed by atoms with E-state index in [0.717, 1.165) is 24.9 Å². The van der Waals surface area contributed by atoms with Crippen molar-refractivity contribution in [2.24, 2.45) is 0 Å². The van der Waals surface area contributed by atoms with Crippen LogP contribution in [0.3, 0.4) is 0 Å². The number of nitrogens with one attached hydrogen (secondary N) is 1. The predicted molar refractivity (Wildman–Crippen MR) is 82.8 cm³/mol. The van der Waals surface area contributed by atoms with E-state index in [1.54, 1.807) is 4.90 Å². The Kier molecular flexibility index (Phi) is 4.28. The molecule has 1 aromatic carbocycles. The molecule has 1 saturated carbocycles. The minimum Gasteiger partial charge on any atom is -0.386 e. The predicted octanol–water partition coefficient (Wildman–Crippen LogP) is 2.45. The molecule has 0 spiro atoms. The Labute approximate surface area is 130 Å². The molecule has 2 aliphatic rings. The van der Waals surface area contributed by atoms with Crippen molar-refractivity contribution in [1.82, 2.24) is 0 Å². The number of hydrogen-bond acceptors (Lipinski definition) is 1. The summed E-state index contributed by atoms with van der Waals surface area (Å²) in [5.74, 6) is 0. The second-order valence-corrected chi connectivity index (χ2v) is 7.13. The van der Waals surface area contributed by atoms with E-state index in [2.05, 4.69) is 0 Å². The highest BCUT2D eigenvalue weighted by molar-refractivity contribution is 6.42. The van der Waals surface area contributed by atoms with Crippen LogP contribution in [0.4, 0.5) is 0 Å². The lowest BCUT2D eigenvalue weighted by Gasteiger charge is -2.46. The maximum Gasteiger partial charge on any atom is 0.112 e. The average Bonchev–Trinajstić information content (AvgIpc) is 2.85. The van der Waals surface area contributed by atoms with E-state index in [1.807, 2.05) is 18.2 Å². The van der Waals surface area contributed by atoms with Gasteiger partial charge in [-0.05, 0) is 30.5 Å². The first-order chi connectivity index (χ1) is 9.62. The molecule has 0 amide bonds. The van der Waals surface area contributed by atoms with Crippen LogP contribution in [0.2, 0.25) is 10.0 Å². The van der Waals surface area contributed by atoms with Crippen LogP contribution < -0.4 is 4.90 Å². The summed E-state index contributed by atoms with van der Waals surface area (Å²) in [7, 11) is 0. The Hall–Kier alpha value is -0.280. The fourth-order valence-corrected chi connectivity index (χ4v) is 4.02. The lowest BCUT2D eigenvalue weighted by atomic mass is 9.61. The summed E-state index contributed by atoms with van der Waals surface area (Å²) in [6.07, 6.45) is 5.61. The van der Waals surface area contributed by atoms with Gasteiger partial charge in [-0.3, -0.25) is 0 Å². The monoisotopic (exact) mass is 314 g/mol. The van der Waals surface area contributed by atoms with Crippen LogP contribution in [-0.2, 0) is 5.41 Å². The number of aliphatic hydroxyl groups is 1. The second-order valence-electron chi connectivity index (χ2n) is 6.32. The van der Waals surface area contributed by atoms with Crippen molar-refractivity contribution in [2.45, 2.75) is 43.6 Å². The Morgan fingerprint density at radius 1 is 1.10 bits per heavy atom. The number of halogens is 2. The van der Waals surface area contributed by atoms with E-state index in [9.17, 15) is 5.11 Å². The first-order valence-electron chi connectivity index (χ1n) is 7.59. The minimum atomic E-state index is -0.276. The molecule has 1 unspecified atom stereocenters. The third kappa shape index (κ3) is 2.59. The normalized spacial score (nSPS) is 23.6. The SMILES string of the molecule is OC(C[NH+]1CCCC1)C1(c2ccc(Cl)c(Cl)c2)CCC1. The van der Waals surface area contributed by atoms with Crippen molar-refractivity contribution in [3.8, 4) is 0 Å². The molecule has 1 saturated heterocycles. The van der Waals surface area contributed by atoms with Gasteiger partial charge in [0.25, 0.3) is 0 Å². The maximum absolute atomic E-state index is 10.8.